The predicted molar refractivity (Wildman–Crippen MR) is 67.2 cm³/mol. The van der Waals surface area contributed by atoms with Gasteiger partial charge in [0.2, 0.25) is 10.0 Å². The minimum absolute atomic E-state index is 0.146. The van der Waals surface area contributed by atoms with E-state index in [9.17, 15) is 8.42 Å². The fraction of sp³-hybridized carbons (Fsp3) is 0.500. The minimum atomic E-state index is -3.35. The normalized spacial score (nSPS) is 16.1. The largest absolute Gasteiger partial charge is 0.313 e. The number of benzene rings is 1. The molecule has 0 amide bonds. The fourth-order valence-electron chi connectivity index (χ4n) is 1.66. The van der Waals surface area contributed by atoms with Crippen LogP contribution in [0.3, 0.4) is 0 Å². The lowest BCUT2D eigenvalue weighted by Crippen LogP contribution is -2.27. The second-order valence-electron chi connectivity index (χ2n) is 4.28. The predicted octanol–water partition coefficient (Wildman–Crippen LogP) is 1.24. The van der Waals surface area contributed by atoms with Gasteiger partial charge in [-0.1, -0.05) is 25.1 Å². The summed E-state index contributed by atoms with van der Waals surface area (Å²) in [6.07, 6.45) is 1.91. The molecule has 94 valence electrons. The zero-order chi connectivity index (χ0) is 12.3. The summed E-state index contributed by atoms with van der Waals surface area (Å²) in [5.41, 5.74) is 0.822. The third-order valence-corrected chi connectivity index (χ3v) is 4.35. The van der Waals surface area contributed by atoms with Crippen molar-refractivity contribution in [2.75, 3.05) is 6.54 Å². The van der Waals surface area contributed by atoms with Gasteiger partial charge in [-0.3, -0.25) is 0 Å². The molecule has 0 radical (unpaired) electrons. The molecule has 1 fully saturated rings. The van der Waals surface area contributed by atoms with Gasteiger partial charge in [0.05, 0.1) is 4.90 Å². The Morgan fingerprint density at radius 3 is 2.65 bits per heavy atom. The first-order chi connectivity index (χ1) is 8.13. The molecule has 0 aliphatic heterocycles. The average Bonchev–Trinajstić information content (AvgIpc) is 3.10. The van der Waals surface area contributed by atoms with Gasteiger partial charge in [0.25, 0.3) is 0 Å². The first-order valence-corrected chi connectivity index (χ1v) is 7.43. The zero-order valence-corrected chi connectivity index (χ0v) is 10.8. The van der Waals surface area contributed by atoms with E-state index in [0.717, 1.165) is 24.9 Å². The Hall–Kier alpha value is -0.910. The van der Waals surface area contributed by atoms with Crippen LogP contribution in [0.2, 0.25) is 0 Å². The monoisotopic (exact) mass is 254 g/mol. The molecule has 1 aromatic rings. The highest BCUT2D eigenvalue weighted by molar-refractivity contribution is 7.89. The van der Waals surface area contributed by atoms with Crippen LogP contribution in [-0.2, 0) is 16.6 Å². The first-order valence-electron chi connectivity index (χ1n) is 5.94. The quantitative estimate of drug-likeness (QED) is 0.803. The summed E-state index contributed by atoms with van der Waals surface area (Å²) in [5, 5.41) is 3.15. The van der Waals surface area contributed by atoms with Crippen LogP contribution in [0.25, 0.3) is 0 Å². The van der Waals surface area contributed by atoms with Crippen molar-refractivity contribution < 1.29 is 8.42 Å². The number of rotatable bonds is 6. The van der Waals surface area contributed by atoms with Crippen LogP contribution < -0.4 is 10.0 Å². The smallest absolute Gasteiger partial charge is 0.241 e. The fourth-order valence-corrected chi connectivity index (χ4v) is 3.20. The molecule has 0 unspecified atom stereocenters. The van der Waals surface area contributed by atoms with Gasteiger partial charge in [-0.15, -0.1) is 0 Å². The van der Waals surface area contributed by atoms with E-state index < -0.39 is 10.0 Å². The summed E-state index contributed by atoms with van der Waals surface area (Å²) in [7, 11) is -3.35. The topological polar surface area (TPSA) is 58.2 Å². The molecule has 0 bridgehead atoms. The maximum atomic E-state index is 12.1. The molecule has 1 aliphatic rings. The van der Waals surface area contributed by atoms with Gasteiger partial charge in [-0.25, -0.2) is 13.1 Å². The second kappa shape index (κ2) is 5.16. The summed E-state index contributed by atoms with van der Waals surface area (Å²) in [6.45, 7) is 3.41. The summed E-state index contributed by atoms with van der Waals surface area (Å²) in [4.78, 5) is 0.396. The van der Waals surface area contributed by atoms with E-state index in [1.807, 2.05) is 19.1 Å². The Bertz CT molecular complexity index is 481. The highest BCUT2D eigenvalue weighted by Crippen LogP contribution is 2.23. The van der Waals surface area contributed by atoms with Crippen molar-refractivity contribution in [3.63, 3.8) is 0 Å². The van der Waals surface area contributed by atoms with E-state index in [0.29, 0.717) is 11.4 Å². The number of hydrogen-bond donors (Lipinski definition) is 2. The highest BCUT2D eigenvalue weighted by Gasteiger charge is 2.28. The molecule has 5 heteroatoms. The van der Waals surface area contributed by atoms with Crippen LogP contribution in [-0.4, -0.2) is 21.0 Å². The summed E-state index contributed by atoms with van der Waals surface area (Å²) >= 11 is 0. The van der Waals surface area contributed by atoms with Crippen LogP contribution >= 0.6 is 0 Å². The van der Waals surface area contributed by atoms with E-state index in [4.69, 9.17) is 0 Å². The molecule has 1 aromatic carbocycles. The van der Waals surface area contributed by atoms with Crippen LogP contribution in [0.1, 0.15) is 25.3 Å². The number of sulfonamides is 1. The molecule has 0 aromatic heterocycles. The third kappa shape index (κ3) is 3.28. The van der Waals surface area contributed by atoms with E-state index in [-0.39, 0.29) is 6.04 Å². The van der Waals surface area contributed by atoms with Gasteiger partial charge >= 0.3 is 0 Å². The van der Waals surface area contributed by atoms with E-state index in [2.05, 4.69) is 10.0 Å². The van der Waals surface area contributed by atoms with Crippen molar-refractivity contribution in [2.45, 2.75) is 37.2 Å². The van der Waals surface area contributed by atoms with E-state index in [1.54, 1.807) is 12.1 Å². The van der Waals surface area contributed by atoms with Gasteiger partial charge in [0, 0.05) is 12.6 Å². The SMILES string of the molecule is CCNCc1ccccc1S(=O)(=O)NC1CC1. The molecule has 0 atom stereocenters. The Kier molecular flexibility index (Phi) is 3.81. The third-order valence-electron chi connectivity index (χ3n) is 2.73. The Balaban J connectivity index is 2.23. The molecular weight excluding hydrogens is 236 g/mol. The highest BCUT2D eigenvalue weighted by atomic mass is 32.2. The van der Waals surface area contributed by atoms with Crippen molar-refractivity contribution in [3.8, 4) is 0 Å². The lowest BCUT2D eigenvalue weighted by atomic mass is 10.2. The van der Waals surface area contributed by atoms with Gasteiger partial charge in [0.1, 0.15) is 0 Å². The first kappa shape index (κ1) is 12.5. The molecule has 0 spiro atoms. The lowest BCUT2D eigenvalue weighted by Gasteiger charge is -2.11. The van der Waals surface area contributed by atoms with Crippen molar-refractivity contribution in [1.82, 2.24) is 10.0 Å². The maximum absolute atomic E-state index is 12.1. The van der Waals surface area contributed by atoms with E-state index >= 15 is 0 Å². The van der Waals surface area contributed by atoms with Crippen LogP contribution in [0.4, 0.5) is 0 Å². The molecular formula is C12H18N2O2S. The molecule has 2 rings (SSSR count). The van der Waals surface area contributed by atoms with Gasteiger partial charge in [-0.05, 0) is 31.0 Å². The second-order valence-corrected chi connectivity index (χ2v) is 5.97. The van der Waals surface area contributed by atoms with E-state index in [1.165, 1.54) is 0 Å². The molecule has 2 N–H and O–H groups in total. The van der Waals surface area contributed by atoms with Crippen molar-refractivity contribution in [1.29, 1.82) is 0 Å². The molecule has 0 saturated heterocycles. The summed E-state index contributed by atoms with van der Waals surface area (Å²) in [6, 6.07) is 7.29. The number of nitrogens with one attached hydrogen (secondary N) is 2. The van der Waals surface area contributed by atoms with Crippen LogP contribution in [0.15, 0.2) is 29.2 Å². The summed E-state index contributed by atoms with van der Waals surface area (Å²) in [5.74, 6) is 0. The zero-order valence-electron chi connectivity index (χ0n) is 9.94. The van der Waals surface area contributed by atoms with Crippen molar-refractivity contribution >= 4 is 10.0 Å². The van der Waals surface area contributed by atoms with Crippen LogP contribution in [0.5, 0.6) is 0 Å². The Morgan fingerprint density at radius 2 is 2.00 bits per heavy atom. The van der Waals surface area contributed by atoms with Crippen LogP contribution in [0, 0.1) is 0 Å². The van der Waals surface area contributed by atoms with Gasteiger partial charge < -0.3 is 5.32 Å². The molecule has 0 heterocycles. The van der Waals surface area contributed by atoms with Gasteiger partial charge in [0.15, 0.2) is 0 Å². The molecule has 4 nitrogen and oxygen atoms in total. The standard InChI is InChI=1S/C12H18N2O2S/c1-2-13-9-10-5-3-4-6-12(10)17(15,16)14-11-7-8-11/h3-6,11,13-14H,2,7-9H2,1H3. The minimum Gasteiger partial charge on any atom is -0.313 e. The average molecular weight is 254 g/mol. The summed E-state index contributed by atoms with van der Waals surface area (Å²) < 4.78 is 27.0. The maximum Gasteiger partial charge on any atom is 0.241 e. The Labute approximate surface area is 102 Å². The van der Waals surface area contributed by atoms with Crippen molar-refractivity contribution in [3.05, 3.63) is 29.8 Å². The van der Waals surface area contributed by atoms with Crippen molar-refractivity contribution in [2.24, 2.45) is 0 Å². The Morgan fingerprint density at radius 1 is 1.29 bits per heavy atom. The lowest BCUT2D eigenvalue weighted by molar-refractivity contribution is 0.578. The molecule has 17 heavy (non-hydrogen) atoms. The molecule has 1 saturated carbocycles. The van der Waals surface area contributed by atoms with Gasteiger partial charge in [-0.2, -0.15) is 0 Å². The molecule has 1 aliphatic carbocycles. The number of hydrogen-bond acceptors (Lipinski definition) is 3.